The Morgan fingerprint density at radius 2 is 1.74 bits per heavy atom. The van der Waals surface area contributed by atoms with Gasteiger partial charge in [0.2, 0.25) is 10.0 Å². The topological polar surface area (TPSA) is 69.7 Å². The lowest BCUT2D eigenvalue weighted by Gasteiger charge is -2.31. The maximum atomic E-state index is 13.0. The monoisotopic (exact) mass is 427 g/mol. The Kier molecular flexibility index (Phi) is 6.08. The lowest BCUT2D eigenvalue weighted by molar-refractivity contribution is 0.102. The van der Waals surface area contributed by atoms with E-state index in [9.17, 15) is 13.2 Å². The van der Waals surface area contributed by atoms with Crippen molar-refractivity contribution in [2.75, 3.05) is 38.5 Å². The normalized spacial score (nSPS) is 16.3. The predicted octanol–water partition coefficient (Wildman–Crippen LogP) is 3.18. The largest absolute Gasteiger partial charge is 0.322 e. The summed E-state index contributed by atoms with van der Waals surface area (Å²) in [7, 11) is -1.84. The maximum absolute atomic E-state index is 13.0. The number of carbonyl (C=O) groups excluding carboxylic acids is 1. The number of hydrogen-bond acceptors (Lipinski definition) is 4. The summed E-state index contributed by atoms with van der Waals surface area (Å²) < 4.78 is 27.3. The molecule has 0 aliphatic carbocycles. The second-order valence-corrected chi connectivity index (χ2v) is 9.07. The number of nitrogens with zero attached hydrogens (tertiary/aromatic N) is 2. The van der Waals surface area contributed by atoms with Gasteiger partial charge in [0, 0.05) is 42.5 Å². The molecular formula is C18H19Cl2N3O3S. The van der Waals surface area contributed by atoms with Crippen molar-refractivity contribution in [3.8, 4) is 0 Å². The van der Waals surface area contributed by atoms with Gasteiger partial charge in [-0.25, -0.2) is 8.42 Å². The number of amides is 1. The van der Waals surface area contributed by atoms with E-state index in [1.54, 1.807) is 24.3 Å². The Morgan fingerprint density at radius 3 is 2.41 bits per heavy atom. The van der Waals surface area contributed by atoms with Crippen molar-refractivity contribution in [3.63, 3.8) is 0 Å². The molecule has 3 rings (SSSR count). The van der Waals surface area contributed by atoms with Crippen LogP contribution in [0.5, 0.6) is 0 Å². The van der Waals surface area contributed by atoms with E-state index < -0.39 is 15.9 Å². The Morgan fingerprint density at radius 1 is 1.04 bits per heavy atom. The second kappa shape index (κ2) is 8.16. The zero-order chi connectivity index (χ0) is 19.6. The van der Waals surface area contributed by atoms with Gasteiger partial charge in [0.15, 0.2) is 0 Å². The first-order valence-electron chi connectivity index (χ1n) is 8.32. The van der Waals surface area contributed by atoms with Crippen LogP contribution in [0.15, 0.2) is 47.4 Å². The molecule has 0 aromatic heterocycles. The smallest absolute Gasteiger partial charge is 0.255 e. The zero-order valence-electron chi connectivity index (χ0n) is 14.7. The minimum absolute atomic E-state index is 0.0625. The van der Waals surface area contributed by atoms with Gasteiger partial charge in [-0.15, -0.1) is 0 Å². The molecule has 144 valence electrons. The minimum Gasteiger partial charge on any atom is -0.322 e. The van der Waals surface area contributed by atoms with Crippen molar-refractivity contribution in [1.29, 1.82) is 0 Å². The molecular weight excluding hydrogens is 409 g/mol. The first kappa shape index (κ1) is 20.1. The number of halogens is 2. The lowest BCUT2D eigenvalue weighted by atomic mass is 10.2. The van der Waals surface area contributed by atoms with Crippen LogP contribution in [-0.2, 0) is 10.0 Å². The molecule has 2 aromatic rings. The van der Waals surface area contributed by atoms with Gasteiger partial charge >= 0.3 is 0 Å². The molecule has 1 fully saturated rings. The molecule has 1 aliphatic rings. The number of hydrogen-bond donors (Lipinski definition) is 1. The number of anilines is 1. The van der Waals surface area contributed by atoms with Crippen molar-refractivity contribution in [2.24, 2.45) is 0 Å². The standard InChI is InChI=1S/C18H19Cl2N3O3S/c1-22-7-9-23(10-8-22)27(25,26)17-11-13(5-6-16(17)20)18(24)21-15-4-2-3-14(19)12-15/h2-6,11-12H,7-10H2,1H3,(H,21,24). The average molecular weight is 428 g/mol. The van der Waals surface area contributed by atoms with Crippen LogP contribution in [0.25, 0.3) is 0 Å². The molecule has 0 saturated carbocycles. The fraction of sp³-hybridized carbons (Fsp3) is 0.278. The van der Waals surface area contributed by atoms with Crippen molar-refractivity contribution in [1.82, 2.24) is 9.21 Å². The third-order valence-electron chi connectivity index (χ3n) is 4.36. The van der Waals surface area contributed by atoms with Crippen LogP contribution in [-0.4, -0.2) is 56.8 Å². The third-order valence-corrected chi connectivity index (χ3v) is 6.97. The molecule has 2 aromatic carbocycles. The fourth-order valence-electron chi connectivity index (χ4n) is 2.78. The molecule has 1 amide bonds. The number of likely N-dealkylation sites (N-methyl/N-ethyl adjacent to an activating group) is 1. The number of carbonyl (C=O) groups is 1. The summed E-state index contributed by atoms with van der Waals surface area (Å²) in [5.74, 6) is -0.441. The van der Waals surface area contributed by atoms with Gasteiger partial charge < -0.3 is 10.2 Å². The van der Waals surface area contributed by atoms with Crippen molar-refractivity contribution in [3.05, 3.63) is 58.1 Å². The van der Waals surface area contributed by atoms with E-state index in [1.807, 2.05) is 7.05 Å². The molecule has 9 heteroatoms. The van der Waals surface area contributed by atoms with E-state index >= 15 is 0 Å². The molecule has 0 radical (unpaired) electrons. The minimum atomic E-state index is -3.78. The average Bonchev–Trinajstić information content (AvgIpc) is 2.62. The molecule has 27 heavy (non-hydrogen) atoms. The van der Waals surface area contributed by atoms with Crippen LogP contribution in [0.3, 0.4) is 0 Å². The molecule has 1 aliphatic heterocycles. The van der Waals surface area contributed by atoms with Gasteiger partial charge in [-0.05, 0) is 43.4 Å². The molecule has 6 nitrogen and oxygen atoms in total. The van der Waals surface area contributed by atoms with E-state index in [-0.39, 0.29) is 15.5 Å². The first-order valence-corrected chi connectivity index (χ1v) is 10.5. The summed E-state index contributed by atoms with van der Waals surface area (Å²) in [4.78, 5) is 14.5. The summed E-state index contributed by atoms with van der Waals surface area (Å²) in [6.07, 6.45) is 0. The first-order chi connectivity index (χ1) is 12.8. The summed E-state index contributed by atoms with van der Waals surface area (Å²) in [6, 6.07) is 10.9. The highest BCUT2D eigenvalue weighted by molar-refractivity contribution is 7.89. The van der Waals surface area contributed by atoms with Gasteiger partial charge in [-0.3, -0.25) is 4.79 Å². The van der Waals surface area contributed by atoms with Crippen molar-refractivity contribution < 1.29 is 13.2 Å². The SMILES string of the molecule is CN1CCN(S(=O)(=O)c2cc(C(=O)Nc3cccc(Cl)c3)ccc2Cl)CC1. The molecule has 0 spiro atoms. The Bertz CT molecular complexity index is 958. The van der Waals surface area contributed by atoms with Crippen LogP contribution in [0.1, 0.15) is 10.4 Å². The van der Waals surface area contributed by atoms with Crippen LogP contribution in [0.2, 0.25) is 10.0 Å². The van der Waals surface area contributed by atoms with Gasteiger partial charge in [0.1, 0.15) is 4.90 Å². The number of rotatable bonds is 4. The number of sulfonamides is 1. The van der Waals surface area contributed by atoms with E-state index in [1.165, 1.54) is 22.5 Å². The van der Waals surface area contributed by atoms with Crippen LogP contribution >= 0.6 is 23.2 Å². The maximum Gasteiger partial charge on any atom is 0.255 e. The van der Waals surface area contributed by atoms with E-state index in [0.717, 1.165) is 0 Å². The van der Waals surface area contributed by atoms with Crippen molar-refractivity contribution in [2.45, 2.75) is 4.90 Å². The van der Waals surface area contributed by atoms with Crippen molar-refractivity contribution >= 4 is 44.8 Å². The van der Waals surface area contributed by atoms with Crippen LogP contribution in [0.4, 0.5) is 5.69 Å². The Labute approximate surface area is 168 Å². The summed E-state index contributed by atoms with van der Waals surface area (Å²) in [6.45, 7) is 2.06. The highest BCUT2D eigenvalue weighted by Crippen LogP contribution is 2.27. The van der Waals surface area contributed by atoms with Gasteiger partial charge in [-0.1, -0.05) is 29.3 Å². The highest BCUT2D eigenvalue weighted by atomic mass is 35.5. The molecule has 0 atom stereocenters. The van der Waals surface area contributed by atoms with E-state index in [0.29, 0.717) is 36.9 Å². The van der Waals surface area contributed by atoms with Crippen LogP contribution in [0, 0.1) is 0 Å². The quantitative estimate of drug-likeness (QED) is 0.812. The fourth-order valence-corrected chi connectivity index (χ4v) is 4.89. The lowest BCUT2D eigenvalue weighted by Crippen LogP contribution is -2.47. The number of nitrogens with one attached hydrogen (secondary N) is 1. The van der Waals surface area contributed by atoms with Crippen LogP contribution < -0.4 is 5.32 Å². The predicted molar refractivity (Wildman–Crippen MR) is 107 cm³/mol. The summed E-state index contributed by atoms with van der Waals surface area (Å²) >= 11 is 12.1. The molecule has 1 saturated heterocycles. The second-order valence-electron chi connectivity index (χ2n) is 6.32. The van der Waals surface area contributed by atoms with E-state index in [2.05, 4.69) is 10.2 Å². The Hall–Kier alpha value is -1.64. The molecule has 0 unspecified atom stereocenters. The molecule has 0 bridgehead atoms. The third kappa shape index (κ3) is 4.62. The summed E-state index contributed by atoms with van der Waals surface area (Å²) in [5.41, 5.74) is 0.720. The summed E-state index contributed by atoms with van der Waals surface area (Å²) in [5, 5.41) is 3.28. The Balaban J connectivity index is 1.86. The number of piperazine rings is 1. The molecule has 1 N–H and O–H groups in total. The zero-order valence-corrected chi connectivity index (χ0v) is 17.0. The highest BCUT2D eigenvalue weighted by Gasteiger charge is 2.30. The van der Waals surface area contributed by atoms with E-state index in [4.69, 9.17) is 23.2 Å². The van der Waals surface area contributed by atoms with Gasteiger partial charge in [-0.2, -0.15) is 4.31 Å². The van der Waals surface area contributed by atoms with Gasteiger partial charge in [0.25, 0.3) is 5.91 Å². The number of benzene rings is 2. The molecule has 1 heterocycles. The van der Waals surface area contributed by atoms with Gasteiger partial charge in [0.05, 0.1) is 5.02 Å².